The molecule has 18 heavy (non-hydrogen) atoms. The van der Waals surface area contributed by atoms with E-state index in [4.69, 9.17) is 10.5 Å². The highest BCUT2D eigenvalue weighted by molar-refractivity contribution is 5.26. The van der Waals surface area contributed by atoms with Crippen LogP contribution in [-0.4, -0.2) is 19.7 Å². The zero-order valence-electron chi connectivity index (χ0n) is 10.9. The Hall–Kier alpha value is -1.16. The van der Waals surface area contributed by atoms with Crippen LogP contribution in [0, 0.1) is 0 Å². The summed E-state index contributed by atoms with van der Waals surface area (Å²) in [6.45, 7) is 1.27. The summed E-state index contributed by atoms with van der Waals surface area (Å²) < 4.78 is 5.17. The minimum absolute atomic E-state index is 0.228. The van der Waals surface area contributed by atoms with E-state index in [2.05, 4.69) is 41.7 Å². The molecule has 1 aliphatic rings. The van der Waals surface area contributed by atoms with Crippen molar-refractivity contribution in [2.24, 2.45) is 5.73 Å². The molecular formula is C15H22N2O. The average Bonchev–Trinajstić information content (AvgIpc) is 2.89. The highest BCUT2D eigenvalue weighted by Gasteiger charge is 2.16. The Labute approximate surface area is 109 Å². The summed E-state index contributed by atoms with van der Waals surface area (Å²) >= 11 is 0. The predicted molar refractivity (Wildman–Crippen MR) is 74.2 cm³/mol. The molecular weight excluding hydrogens is 224 g/mol. The van der Waals surface area contributed by atoms with Crippen LogP contribution in [0.5, 0.6) is 0 Å². The van der Waals surface area contributed by atoms with E-state index >= 15 is 0 Å². The van der Waals surface area contributed by atoms with E-state index in [1.54, 1.807) is 7.11 Å². The van der Waals surface area contributed by atoms with E-state index in [9.17, 15) is 0 Å². The molecule has 1 atom stereocenters. The molecule has 1 unspecified atom stereocenters. The van der Waals surface area contributed by atoms with Gasteiger partial charge in [0.05, 0.1) is 6.61 Å². The summed E-state index contributed by atoms with van der Waals surface area (Å²) in [6.07, 6.45) is 6.67. The van der Waals surface area contributed by atoms with Gasteiger partial charge in [-0.15, -0.1) is 0 Å². The van der Waals surface area contributed by atoms with Gasteiger partial charge >= 0.3 is 0 Å². The lowest BCUT2D eigenvalue weighted by molar-refractivity contribution is 0.185. The fourth-order valence-corrected chi connectivity index (χ4v) is 2.40. The average molecular weight is 246 g/mol. The summed E-state index contributed by atoms with van der Waals surface area (Å²) in [5.41, 5.74) is 8.34. The maximum atomic E-state index is 5.89. The van der Waals surface area contributed by atoms with Crippen LogP contribution in [0.15, 0.2) is 36.4 Å². The van der Waals surface area contributed by atoms with Gasteiger partial charge in [0, 0.05) is 25.7 Å². The van der Waals surface area contributed by atoms with Crippen molar-refractivity contribution in [2.75, 3.05) is 13.7 Å². The van der Waals surface area contributed by atoms with Gasteiger partial charge in [0.2, 0.25) is 0 Å². The third-order valence-electron chi connectivity index (χ3n) is 3.34. The highest BCUT2D eigenvalue weighted by atomic mass is 16.5. The Balaban J connectivity index is 2.03. The predicted octanol–water partition coefficient (Wildman–Crippen LogP) is 2.14. The molecule has 0 heterocycles. The normalized spacial score (nSPS) is 17.2. The lowest BCUT2D eigenvalue weighted by atomic mass is 10.0. The first-order valence-electron chi connectivity index (χ1n) is 6.52. The molecule has 0 fully saturated rings. The quantitative estimate of drug-likeness (QED) is 0.756. The van der Waals surface area contributed by atoms with E-state index in [1.807, 2.05) is 0 Å². The van der Waals surface area contributed by atoms with E-state index in [0.717, 1.165) is 12.8 Å². The van der Waals surface area contributed by atoms with Crippen LogP contribution in [0.2, 0.25) is 0 Å². The second-order valence-electron chi connectivity index (χ2n) is 4.77. The third kappa shape index (κ3) is 3.42. The molecule has 2 rings (SSSR count). The van der Waals surface area contributed by atoms with Crippen molar-refractivity contribution in [1.29, 1.82) is 0 Å². The van der Waals surface area contributed by atoms with Gasteiger partial charge in [0.15, 0.2) is 0 Å². The maximum Gasteiger partial charge on any atom is 0.0713 e. The molecule has 0 radical (unpaired) electrons. The molecule has 3 nitrogen and oxygen atoms in total. The molecule has 1 aliphatic carbocycles. The topological polar surface area (TPSA) is 47.3 Å². The van der Waals surface area contributed by atoms with Crippen molar-refractivity contribution in [3.63, 3.8) is 0 Å². The minimum Gasteiger partial charge on any atom is -0.380 e. The maximum absolute atomic E-state index is 5.89. The fraction of sp³-hybridized carbons (Fsp3) is 0.467. The van der Waals surface area contributed by atoms with E-state index in [1.165, 1.54) is 11.1 Å². The van der Waals surface area contributed by atoms with E-state index in [-0.39, 0.29) is 6.04 Å². The number of nitrogens with two attached hydrogens (primary N) is 1. The number of methoxy groups -OCH3 is 1. The number of hydrogen-bond acceptors (Lipinski definition) is 3. The molecule has 1 aromatic carbocycles. The lowest BCUT2D eigenvalue weighted by Gasteiger charge is -2.22. The van der Waals surface area contributed by atoms with Crippen molar-refractivity contribution in [3.05, 3.63) is 47.5 Å². The van der Waals surface area contributed by atoms with Gasteiger partial charge in [-0.3, -0.25) is 0 Å². The Kier molecular flexibility index (Phi) is 4.93. The first-order valence-corrected chi connectivity index (χ1v) is 6.52. The zero-order valence-corrected chi connectivity index (χ0v) is 10.9. The Morgan fingerprint density at radius 2 is 2.17 bits per heavy atom. The van der Waals surface area contributed by atoms with E-state index < -0.39 is 0 Å². The van der Waals surface area contributed by atoms with Gasteiger partial charge in [-0.2, -0.15) is 0 Å². The zero-order chi connectivity index (χ0) is 12.8. The summed E-state index contributed by atoms with van der Waals surface area (Å²) in [4.78, 5) is 0. The first kappa shape index (κ1) is 13.3. The second kappa shape index (κ2) is 6.69. The second-order valence-corrected chi connectivity index (χ2v) is 4.77. The smallest absolute Gasteiger partial charge is 0.0713 e. The molecule has 0 bridgehead atoms. The van der Waals surface area contributed by atoms with Gasteiger partial charge in [0.1, 0.15) is 0 Å². The SMILES string of the molecule is COCc1cccc(C(CN)NC2CC=CC2)c1. The Bertz CT molecular complexity index is 395. The molecule has 3 N–H and O–H groups in total. The summed E-state index contributed by atoms with van der Waals surface area (Å²) in [6, 6.07) is 9.22. The first-order chi connectivity index (χ1) is 8.83. The standard InChI is InChI=1S/C15H22N2O/c1-18-11-12-5-4-6-13(9-12)15(10-16)17-14-7-2-3-8-14/h2-6,9,14-15,17H,7-8,10-11,16H2,1H3. The van der Waals surface area contributed by atoms with Gasteiger partial charge in [-0.05, 0) is 24.0 Å². The molecule has 1 aromatic rings. The number of benzene rings is 1. The molecule has 0 saturated heterocycles. The highest BCUT2D eigenvalue weighted by Crippen LogP contribution is 2.18. The number of hydrogen-bond donors (Lipinski definition) is 2. The van der Waals surface area contributed by atoms with Gasteiger partial charge in [-0.25, -0.2) is 0 Å². The summed E-state index contributed by atoms with van der Waals surface area (Å²) in [5, 5.41) is 3.62. The van der Waals surface area contributed by atoms with Crippen LogP contribution < -0.4 is 11.1 Å². The monoisotopic (exact) mass is 246 g/mol. The third-order valence-corrected chi connectivity index (χ3v) is 3.34. The molecule has 0 amide bonds. The molecule has 0 aromatic heterocycles. The molecule has 3 heteroatoms. The Morgan fingerprint density at radius 3 is 2.83 bits per heavy atom. The number of ether oxygens (including phenoxy) is 1. The van der Waals surface area contributed by atoms with Crippen molar-refractivity contribution in [2.45, 2.75) is 31.5 Å². The summed E-state index contributed by atoms with van der Waals surface area (Å²) in [5.74, 6) is 0. The molecule has 98 valence electrons. The van der Waals surface area contributed by atoms with E-state index in [0.29, 0.717) is 19.2 Å². The Morgan fingerprint density at radius 1 is 1.39 bits per heavy atom. The summed E-state index contributed by atoms with van der Waals surface area (Å²) in [7, 11) is 1.72. The minimum atomic E-state index is 0.228. The molecule has 0 aliphatic heterocycles. The van der Waals surface area contributed by atoms with Crippen molar-refractivity contribution in [3.8, 4) is 0 Å². The van der Waals surface area contributed by atoms with Crippen LogP contribution >= 0.6 is 0 Å². The van der Waals surface area contributed by atoms with Gasteiger partial charge < -0.3 is 15.8 Å². The number of nitrogens with one attached hydrogen (secondary N) is 1. The fourth-order valence-electron chi connectivity index (χ4n) is 2.40. The van der Waals surface area contributed by atoms with Gasteiger partial charge in [0.25, 0.3) is 0 Å². The van der Waals surface area contributed by atoms with Crippen LogP contribution in [0.3, 0.4) is 0 Å². The van der Waals surface area contributed by atoms with Crippen LogP contribution in [0.1, 0.15) is 30.0 Å². The molecule has 0 saturated carbocycles. The van der Waals surface area contributed by atoms with Crippen LogP contribution in [0.4, 0.5) is 0 Å². The number of rotatable bonds is 6. The van der Waals surface area contributed by atoms with Crippen LogP contribution in [-0.2, 0) is 11.3 Å². The van der Waals surface area contributed by atoms with Crippen LogP contribution in [0.25, 0.3) is 0 Å². The van der Waals surface area contributed by atoms with Crippen molar-refractivity contribution in [1.82, 2.24) is 5.32 Å². The van der Waals surface area contributed by atoms with Gasteiger partial charge in [-0.1, -0.05) is 36.4 Å². The molecule has 0 spiro atoms. The van der Waals surface area contributed by atoms with Crippen molar-refractivity contribution < 1.29 is 4.74 Å². The lowest BCUT2D eigenvalue weighted by Crippen LogP contribution is -2.35. The van der Waals surface area contributed by atoms with Crippen molar-refractivity contribution >= 4 is 0 Å². The largest absolute Gasteiger partial charge is 0.380 e.